The van der Waals surface area contributed by atoms with Crippen LogP contribution in [-0.4, -0.2) is 24.1 Å². The first-order valence-corrected chi connectivity index (χ1v) is 6.21. The maximum absolute atomic E-state index is 5.81. The summed E-state index contributed by atoms with van der Waals surface area (Å²) in [5, 5.41) is 0. The lowest BCUT2D eigenvalue weighted by Crippen LogP contribution is -2.44. The molecule has 1 aromatic carbocycles. The first-order valence-electron chi connectivity index (χ1n) is 6.21. The molecule has 0 unspecified atom stereocenters. The van der Waals surface area contributed by atoms with E-state index in [0.29, 0.717) is 12.6 Å². The zero-order valence-corrected chi connectivity index (χ0v) is 9.80. The molecule has 0 saturated carbocycles. The summed E-state index contributed by atoms with van der Waals surface area (Å²) in [5.41, 5.74) is 7.59. The molecule has 2 heterocycles. The molecule has 0 bridgehead atoms. The smallest absolute Gasteiger partial charge is 0.298 e. The summed E-state index contributed by atoms with van der Waals surface area (Å²) < 4.78 is 5.80. The topological polar surface area (TPSA) is 55.3 Å². The quantitative estimate of drug-likeness (QED) is 0.860. The summed E-state index contributed by atoms with van der Waals surface area (Å²) >= 11 is 0. The fourth-order valence-corrected chi connectivity index (χ4v) is 2.48. The molecule has 90 valence electrons. The van der Waals surface area contributed by atoms with E-state index in [2.05, 4.69) is 9.88 Å². The second-order valence-electron chi connectivity index (χ2n) is 4.54. The van der Waals surface area contributed by atoms with Gasteiger partial charge in [0.15, 0.2) is 5.58 Å². The van der Waals surface area contributed by atoms with Crippen molar-refractivity contribution in [1.82, 2.24) is 4.98 Å². The van der Waals surface area contributed by atoms with Crippen molar-refractivity contribution in [2.45, 2.75) is 25.3 Å². The molecule has 1 atom stereocenters. The van der Waals surface area contributed by atoms with Crippen molar-refractivity contribution >= 4 is 17.1 Å². The Balaban J connectivity index is 1.96. The van der Waals surface area contributed by atoms with Crippen LogP contribution < -0.4 is 10.6 Å². The maximum atomic E-state index is 5.81. The monoisotopic (exact) mass is 231 g/mol. The molecule has 4 heteroatoms. The molecule has 1 aromatic heterocycles. The Morgan fingerprint density at radius 3 is 3.06 bits per heavy atom. The second-order valence-corrected chi connectivity index (χ2v) is 4.54. The highest BCUT2D eigenvalue weighted by Gasteiger charge is 2.25. The van der Waals surface area contributed by atoms with E-state index in [-0.39, 0.29) is 0 Å². The number of oxazole rings is 1. The molecule has 1 fully saturated rings. The van der Waals surface area contributed by atoms with Gasteiger partial charge in [-0.2, -0.15) is 4.98 Å². The second kappa shape index (κ2) is 4.37. The van der Waals surface area contributed by atoms with E-state index in [9.17, 15) is 0 Å². The number of aromatic nitrogens is 1. The Labute approximate surface area is 100 Å². The Morgan fingerprint density at radius 2 is 2.24 bits per heavy atom. The Kier molecular flexibility index (Phi) is 2.73. The summed E-state index contributed by atoms with van der Waals surface area (Å²) in [5.74, 6) is 0. The molecule has 0 amide bonds. The maximum Gasteiger partial charge on any atom is 0.298 e. The van der Waals surface area contributed by atoms with Crippen molar-refractivity contribution in [3.63, 3.8) is 0 Å². The predicted molar refractivity (Wildman–Crippen MR) is 68.0 cm³/mol. The van der Waals surface area contributed by atoms with Gasteiger partial charge in [0, 0.05) is 19.1 Å². The number of hydrogen-bond acceptors (Lipinski definition) is 4. The van der Waals surface area contributed by atoms with Crippen LogP contribution in [0.15, 0.2) is 28.7 Å². The lowest BCUT2D eigenvalue weighted by Gasteiger charge is -2.33. The number of benzene rings is 1. The molecule has 4 nitrogen and oxygen atoms in total. The fraction of sp³-hybridized carbons (Fsp3) is 0.462. The third kappa shape index (κ3) is 1.89. The lowest BCUT2D eigenvalue weighted by molar-refractivity contribution is 0.428. The molecular formula is C13H17N3O. The van der Waals surface area contributed by atoms with E-state index in [4.69, 9.17) is 10.2 Å². The van der Waals surface area contributed by atoms with Crippen molar-refractivity contribution < 1.29 is 4.42 Å². The molecule has 0 radical (unpaired) electrons. The first-order chi connectivity index (χ1) is 8.38. The van der Waals surface area contributed by atoms with Crippen LogP contribution in [0.25, 0.3) is 11.1 Å². The molecule has 1 aliphatic heterocycles. The number of anilines is 1. The molecule has 17 heavy (non-hydrogen) atoms. The van der Waals surface area contributed by atoms with Gasteiger partial charge < -0.3 is 15.1 Å². The molecule has 0 aliphatic carbocycles. The Hall–Kier alpha value is -1.55. The van der Waals surface area contributed by atoms with Gasteiger partial charge in [-0.1, -0.05) is 12.1 Å². The largest absolute Gasteiger partial charge is 0.423 e. The third-order valence-electron chi connectivity index (χ3n) is 3.43. The molecule has 2 N–H and O–H groups in total. The van der Waals surface area contributed by atoms with E-state index in [1.165, 1.54) is 12.8 Å². The predicted octanol–water partition coefficient (Wildman–Crippen LogP) is 2.15. The number of hydrogen-bond donors (Lipinski definition) is 1. The van der Waals surface area contributed by atoms with E-state index in [1.54, 1.807) is 0 Å². The zero-order chi connectivity index (χ0) is 11.7. The van der Waals surface area contributed by atoms with Gasteiger partial charge in [0.2, 0.25) is 0 Å². The lowest BCUT2D eigenvalue weighted by atomic mass is 10.0. The van der Waals surface area contributed by atoms with Crippen molar-refractivity contribution in [3.8, 4) is 0 Å². The van der Waals surface area contributed by atoms with Crippen LogP contribution in [-0.2, 0) is 0 Å². The number of nitrogens with zero attached hydrogens (tertiary/aromatic N) is 2. The Bertz CT molecular complexity index is 475. The van der Waals surface area contributed by atoms with Crippen LogP contribution in [0.5, 0.6) is 0 Å². The van der Waals surface area contributed by atoms with Gasteiger partial charge in [-0.05, 0) is 31.4 Å². The average molecular weight is 231 g/mol. The van der Waals surface area contributed by atoms with Crippen LogP contribution in [0, 0.1) is 0 Å². The van der Waals surface area contributed by atoms with E-state index in [1.807, 2.05) is 24.3 Å². The minimum absolute atomic E-state index is 0.372. The molecule has 1 aliphatic rings. The highest BCUT2D eigenvalue weighted by Crippen LogP contribution is 2.27. The number of fused-ring (bicyclic) bond motifs is 1. The van der Waals surface area contributed by atoms with Gasteiger partial charge >= 0.3 is 0 Å². The summed E-state index contributed by atoms with van der Waals surface area (Å²) in [7, 11) is 0. The summed E-state index contributed by atoms with van der Waals surface area (Å²) in [6.07, 6.45) is 3.57. The molecule has 0 spiro atoms. The van der Waals surface area contributed by atoms with Crippen LogP contribution in [0.1, 0.15) is 19.3 Å². The normalized spacial score (nSPS) is 21.0. The highest BCUT2D eigenvalue weighted by molar-refractivity contribution is 5.74. The minimum atomic E-state index is 0.372. The van der Waals surface area contributed by atoms with Gasteiger partial charge in [0.1, 0.15) is 5.52 Å². The van der Waals surface area contributed by atoms with Crippen LogP contribution in [0.2, 0.25) is 0 Å². The van der Waals surface area contributed by atoms with Gasteiger partial charge in [-0.3, -0.25) is 0 Å². The van der Waals surface area contributed by atoms with Crippen LogP contribution in [0.4, 0.5) is 6.01 Å². The van der Waals surface area contributed by atoms with Gasteiger partial charge in [0.25, 0.3) is 6.01 Å². The number of nitrogens with two attached hydrogens (primary N) is 1. The van der Waals surface area contributed by atoms with Gasteiger partial charge in [-0.25, -0.2) is 0 Å². The number of para-hydroxylation sites is 2. The van der Waals surface area contributed by atoms with Crippen LogP contribution in [0.3, 0.4) is 0 Å². The fourth-order valence-electron chi connectivity index (χ4n) is 2.48. The third-order valence-corrected chi connectivity index (χ3v) is 3.43. The minimum Gasteiger partial charge on any atom is -0.423 e. The summed E-state index contributed by atoms with van der Waals surface area (Å²) in [6, 6.07) is 8.97. The average Bonchev–Trinajstić information content (AvgIpc) is 2.82. The first kappa shape index (κ1) is 10.6. The zero-order valence-electron chi connectivity index (χ0n) is 9.80. The van der Waals surface area contributed by atoms with Crippen molar-refractivity contribution in [2.24, 2.45) is 5.73 Å². The Morgan fingerprint density at radius 1 is 1.35 bits per heavy atom. The standard InChI is InChI=1S/C13H17N3O/c14-9-10-5-3-4-8-16(10)13-15-11-6-1-2-7-12(11)17-13/h1-2,6-7,10H,3-5,8-9,14H2/t10-/m0/s1. The molecule has 3 rings (SSSR count). The number of rotatable bonds is 2. The summed E-state index contributed by atoms with van der Waals surface area (Å²) in [4.78, 5) is 6.75. The number of piperidine rings is 1. The molecule has 2 aromatic rings. The van der Waals surface area contributed by atoms with E-state index in [0.717, 1.165) is 30.1 Å². The van der Waals surface area contributed by atoms with Crippen molar-refractivity contribution in [1.29, 1.82) is 0 Å². The van der Waals surface area contributed by atoms with Crippen molar-refractivity contribution in [3.05, 3.63) is 24.3 Å². The highest BCUT2D eigenvalue weighted by atomic mass is 16.4. The van der Waals surface area contributed by atoms with E-state index < -0.39 is 0 Å². The SMILES string of the molecule is NC[C@@H]1CCCCN1c1nc2ccccc2o1. The summed E-state index contributed by atoms with van der Waals surface area (Å²) in [6.45, 7) is 1.66. The van der Waals surface area contributed by atoms with Gasteiger partial charge in [-0.15, -0.1) is 0 Å². The van der Waals surface area contributed by atoms with Gasteiger partial charge in [0.05, 0.1) is 0 Å². The molecular weight excluding hydrogens is 214 g/mol. The van der Waals surface area contributed by atoms with Crippen molar-refractivity contribution in [2.75, 3.05) is 18.0 Å². The molecule has 1 saturated heterocycles. The van der Waals surface area contributed by atoms with Crippen LogP contribution >= 0.6 is 0 Å². The van der Waals surface area contributed by atoms with E-state index >= 15 is 0 Å².